The number of hydrogen-bond donors (Lipinski definition) is 2. The maximum atomic E-state index is 11.5. The number of carbonyl (C=O) groups excluding carboxylic acids is 1. The standard InChI is InChI=1S/C10H16N4O/c1-7(2)13-10(15)8(3)14-9-6-11-4-5-12-9/h4-8H,1-3H3,(H,12,14)(H,13,15). The molecule has 1 atom stereocenters. The Kier molecular flexibility index (Phi) is 4.03. The quantitative estimate of drug-likeness (QED) is 0.768. The summed E-state index contributed by atoms with van der Waals surface area (Å²) in [6.45, 7) is 5.63. The van der Waals surface area contributed by atoms with Crippen LogP contribution in [0, 0.1) is 0 Å². The number of hydrogen-bond acceptors (Lipinski definition) is 4. The van der Waals surface area contributed by atoms with Crippen LogP contribution >= 0.6 is 0 Å². The summed E-state index contributed by atoms with van der Waals surface area (Å²) in [4.78, 5) is 19.5. The monoisotopic (exact) mass is 208 g/mol. The van der Waals surface area contributed by atoms with Crippen molar-refractivity contribution in [3.63, 3.8) is 0 Å². The summed E-state index contributed by atoms with van der Waals surface area (Å²) >= 11 is 0. The van der Waals surface area contributed by atoms with Gasteiger partial charge >= 0.3 is 0 Å². The van der Waals surface area contributed by atoms with Crippen LogP contribution in [0.4, 0.5) is 5.82 Å². The van der Waals surface area contributed by atoms with E-state index in [2.05, 4.69) is 20.6 Å². The van der Waals surface area contributed by atoms with E-state index in [0.717, 1.165) is 0 Å². The SMILES string of the molecule is CC(C)NC(=O)C(C)Nc1cnccn1. The summed E-state index contributed by atoms with van der Waals surface area (Å²) in [5.41, 5.74) is 0. The maximum Gasteiger partial charge on any atom is 0.242 e. The molecular formula is C10H16N4O. The van der Waals surface area contributed by atoms with Gasteiger partial charge in [-0.1, -0.05) is 0 Å². The summed E-state index contributed by atoms with van der Waals surface area (Å²) < 4.78 is 0. The number of carbonyl (C=O) groups is 1. The van der Waals surface area contributed by atoms with Gasteiger partial charge in [-0.2, -0.15) is 0 Å². The molecule has 1 rings (SSSR count). The largest absolute Gasteiger partial charge is 0.357 e. The predicted molar refractivity (Wildman–Crippen MR) is 58.4 cm³/mol. The lowest BCUT2D eigenvalue weighted by molar-refractivity contribution is -0.122. The molecule has 0 aliphatic heterocycles. The molecule has 0 bridgehead atoms. The van der Waals surface area contributed by atoms with Gasteiger partial charge in [0.1, 0.15) is 11.9 Å². The van der Waals surface area contributed by atoms with Crippen LogP contribution in [-0.4, -0.2) is 28.0 Å². The van der Waals surface area contributed by atoms with Crippen molar-refractivity contribution >= 4 is 11.7 Å². The molecule has 1 aromatic heterocycles. The molecule has 5 nitrogen and oxygen atoms in total. The normalized spacial score (nSPS) is 12.3. The number of nitrogens with zero attached hydrogens (tertiary/aromatic N) is 2. The first-order chi connectivity index (χ1) is 7.09. The lowest BCUT2D eigenvalue weighted by Crippen LogP contribution is -2.41. The molecule has 82 valence electrons. The molecule has 0 aromatic carbocycles. The molecule has 5 heteroatoms. The van der Waals surface area contributed by atoms with E-state index in [9.17, 15) is 4.79 Å². The fraction of sp³-hybridized carbons (Fsp3) is 0.500. The van der Waals surface area contributed by atoms with E-state index in [1.54, 1.807) is 25.5 Å². The summed E-state index contributed by atoms with van der Waals surface area (Å²) in [6.07, 6.45) is 4.75. The molecule has 1 amide bonds. The summed E-state index contributed by atoms with van der Waals surface area (Å²) in [5.74, 6) is 0.555. The number of aromatic nitrogens is 2. The molecule has 0 radical (unpaired) electrons. The second-order valence-electron chi connectivity index (χ2n) is 3.62. The zero-order chi connectivity index (χ0) is 11.3. The fourth-order valence-corrected chi connectivity index (χ4v) is 1.07. The van der Waals surface area contributed by atoms with Crippen molar-refractivity contribution in [1.82, 2.24) is 15.3 Å². The third kappa shape index (κ3) is 3.93. The molecule has 0 spiro atoms. The smallest absolute Gasteiger partial charge is 0.242 e. The van der Waals surface area contributed by atoms with E-state index in [1.165, 1.54) is 0 Å². The summed E-state index contributed by atoms with van der Waals surface area (Å²) in [5, 5.41) is 5.77. The highest BCUT2D eigenvalue weighted by molar-refractivity contribution is 5.83. The minimum Gasteiger partial charge on any atom is -0.357 e. The first kappa shape index (κ1) is 11.4. The third-order valence-corrected chi connectivity index (χ3v) is 1.75. The van der Waals surface area contributed by atoms with Crippen LogP contribution in [0.5, 0.6) is 0 Å². The number of anilines is 1. The first-order valence-electron chi connectivity index (χ1n) is 4.92. The topological polar surface area (TPSA) is 66.9 Å². The minimum absolute atomic E-state index is 0.0457. The molecule has 1 aromatic rings. The first-order valence-corrected chi connectivity index (χ1v) is 4.92. The summed E-state index contributed by atoms with van der Waals surface area (Å²) in [7, 11) is 0. The molecule has 15 heavy (non-hydrogen) atoms. The van der Waals surface area contributed by atoms with E-state index in [1.807, 2.05) is 13.8 Å². The van der Waals surface area contributed by atoms with Gasteiger partial charge in [0, 0.05) is 18.4 Å². The molecule has 1 heterocycles. The van der Waals surface area contributed by atoms with E-state index in [0.29, 0.717) is 5.82 Å². The van der Waals surface area contributed by atoms with Crippen molar-refractivity contribution in [3.05, 3.63) is 18.6 Å². The van der Waals surface area contributed by atoms with Crippen LogP contribution in [0.2, 0.25) is 0 Å². The van der Waals surface area contributed by atoms with Crippen LogP contribution in [0.3, 0.4) is 0 Å². The van der Waals surface area contributed by atoms with Gasteiger partial charge in [0.15, 0.2) is 0 Å². The molecule has 2 N–H and O–H groups in total. The molecule has 0 aliphatic rings. The molecule has 1 unspecified atom stereocenters. The Morgan fingerprint density at radius 3 is 2.60 bits per heavy atom. The van der Waals surface area contributed by atoms with Crippen molar-refractivity contribution in [1.29, 1.82) is 0 Å². The van der Waals surface area contributed by atoms with Crippen LogP contribution < -0.4 is 10.6 Å². The van der Waals surface area contributed by atoms with E-state index >= 15 is 0 Å². The average Bonchev–Trinajstić information content (AvgIpc) is 2.18. The number of rotatable bonds is 4. The Hall–Kier alpha value is -1.65. The fourth-order valence-electron chi connectivity index (χ4n) is 1.07. The van der Waals surface area contributed by atoms with E-state index in [4.69, 9.17) is 0 Å². The summed E-state index contributed by atoms with van der Waals surface area (Å²) in [6, 6.07) is -0.173. The number of amides is 1. The second kappa shape index (κ2) is 5.29. The number of nitrogens with one attached hydrogen (secondary N) is 2. The van der Waals surface area contributed by atoms with Crippen molar-refractivity contribution in [2.45, 2.75) is 32.9 Å². The Bertz CT molecular complexity index is 312. The van der Waals surface area contributed by atoms with Gasteiger partial charge in [0.2, 0.25) is 5.91 Å². The van der Waals surface area contributed by atoms with Gasteiger partial charge in [-0.25, -0.2) is 4.98 Å². The van der Waals surface area contributed by atoms with E-state index < -0.39 is 0 Å². The van der Waals surface area contributed by atoms with Crippen molar-refractivity contribution in [3.8, 4) is 0 Å². The van der Waals surface area contributed by atoms with E-state index in [-0.39, 0.29) is 18.0 Å². The zero-order valence-electron chi connectivity index (χ0n) is 9.19. The predicted octanol–water partition coefficient (Wildman–Crippen LogP) is 0.802. The van der Waals surface area contributed by atoms with Crippen molar-refractivity contribution in [2.75, 3.05) is 5.32 Å². The Morgan fingerprint density at radius 2 is 2.07 bits per heavy atom. The lowest BCUT2D eigenvalue weighted by Gasteiger charge is -2.15. The molecule has 0 fully saturated rings. The highest BCUT2D eigenvalue weighted by Gasteiger charge is 2.13. The minimum atomic E-state index is -0.316. The maximum absolute atomic E-state index is 11.5. The molecule has 0 saturated carbocycles. The van der Waals surface area contributed by atoms with Crippen molar-refractivity contribution < 1.29 is 4.79 Å². The zero-order valence-corrected chi connectivity index (χ0v) is 9.19. The van der Waals surface area contributed by atoms with Gasteiger partial charge in [-0.05, 0) is 20.8 Å². The van der Waals surface area contributed by atoms with Crippen LogP contribution in [0.1, 0.15) is 20.8 Å². The highest BCUT2D eigenvalue weighted by Crippen LogP contribution is 2.00. The third-order valence-electron chi connectivity index (χ3n) is 1.75. The Labute approximate surface area is 89.3 Å². The molecule has 0 aliphatic carbocycles. The van der Waals surface area contributed by atoms with Crippen LogP contribution in [0.25, 0.3) is 0 Å². The van der Waals surface area contributed by atoms with Gasteiger partial charge in [0.25, 0.3) is 0 Å². The Balaban J connectivity index is 2.49. The molecular weight excluding hydrogens is 192 g/mol. The van der Waals surface area contributed by atoms with Crippen LogP contribution in [0.15, 0.2) is 18.6 Å². The van der Waals surface area contributed by atoms with Crippen LogP contribution in [-0.2, 0) is 4.79 Å². The van der Waals surface area contributed by atoms with Gasteiger partial charge < -0.3 is 10.6 Å². The van der Waals surface area contributed by atoms with Gasteiger partial charge in [-0.15, -0.1) is 0 Å². The van der Waals surface area contributed by atoms with Gasteiger partial charge in [-0.3, -0.25) is 9.78 Å². The van der Waals surface area contributed by atoms with Gasteiger partial charge in [0.05, 0.1) is 6.20 Å². The second-order valence-corrected chi connectivity index (χ2v) is 3.62. The average molecular weight is 208 g/mol. The molecule has 0 saturated heterocycles. The lowest BCUT2D eigenvalue weighted by atomic mass is 10.3. The Morgan fingerprint density at radius 1 is 1.33 bits per heavy atom. The van der Waals surface area contributed by atoms with Crippen molar-refractivity contribution in [2.24, 2.45) is 0 Å². The highest BCUT2D eigenvalue weighted by atomic mass is 16.2.